The van der Waals surface area contributed by atoms with Crippen molar-refractivity contribution in [2.45, 2.75) is 90.8 Å². The van der Waals surface area contributed by atoms with Crippen LogP contribution in [0.15, 0.2) is 101 Å². The number of carbonyl (C=O) groups is 2. The maximum atomic E-state index is 13.4. The number of nitrogens with one attached hydrogen (secondary N) is 3. The van der Waals surface area contributed by atoms with Gasteiger partial charge in [0, 0.05) is 33.2 Å². The number of aromatic nitrogens is 4. The van der Waals surface area contributed by atoms with E-state index in [1.807, 2.05) is 88.6 Å². The third-order valence-corrected chi connectivity index (χ3v) is 13.9. The molecule has 1 aliphatic rings. The minimum Gasteiger partial charge on any atom is -0.460 e. The van der Waals surface area contributed by atoms with Crippen molar-refractivity contribution in [2.75, 3.05) is 4.72 Å². The Hall–Kier alpha value is -6.89. The highest BCUT2D eigenvalue weighted by Crippen LogP contribution is 2.40. The van der Waals surface area contributed by atoms with Crippen LogP contribution in [0.4, 0.5) is 5.69 Å². The van der Waals surface area contributed by atoms with E-state index in [1.165, 1.54) is 12.1 Å². The molecular weight excluding hydrogens is 845 g/mol. The molecule has 0 unspecified atom stereocenters. The summed E-state index contributed by atoms with van der Waals surface area (Å²) in [6.07, 6.45) is 2.28. The minimum absolute atomic E-state index is 0.0106. The highest BCUT2D eigenvalue weighted by molar-refractivity contribution is 7.92. The SMILES string of the molecule is CCc1ccc(NS(=O)(=O)c2ccc([C@@H](C)NC(=O)c3ccc(-c4ccc(C5=N[C@@H](CC(=O)OC(C)(C)C)c6nnc(C)n6-c6sc(C)c(C)c65)cc4)cc3)cc2)c2[nH]cc(C#N)c12. The summed E-state index contributed by atoms with van der Waals surface area (Å²) in [7, 11) is -3.97. The van der Waals surface area contributed by atoms with Gasteiger partial charge >= 0.3 is 5.97 Å². The van der Waals surface area contributed by atoms with Gasteiger partial charge in [-0.2, -0.15) is 5.26 Å². The maximum Gasteiger partial charge on any atom is 0.308 e. The van der Waals surface area contributed by atoms with E-state index >= 15 is 0 Å². The zero-order valence-electron chi connectivity index (χ0n) is 36.8. The van der Waals surface area contributed by atoms with Gasteiger partial charge in [0.05, 0.1) is 39.8 Å². The van der Waals surface area contributed by atoms with Gasteiger partial charge in [0.1, 0.15) is 28.5 Å². The number of rotatable bonds is 11. The summed E-state index contributed by atoms with van der Waals surface area (Å²) in [4.78, 5) is 36.1. The lowest BCUT2D eigenvalue weighted by molar-refractivity contribution is -0.155. The summed E-state index contributed by atoms with van der Waals surface area (Å²) in [5.74, 6) is 0.671. The predicted molar refractivity (Wildman–Crippen MR) is 250 cm³/mol. The molecule has 0 aliphatic carbocycles. The number of thiophene rings is 1. The standard InChI is InChI=1S/C49H48N8O5S2/c1-9-31-20-23-39(45-43(31)37(25-50)26-51-45)56-64(60,61)38-21-18-32(19-22-38)28(3)52-47(59)36-16-12-34(13-17-36)33-10-14-35(15-11-33)44-42-27(2)29(4)63-48(42)57-30(5)54-55-46(57)40(53-44)24-41(58)62-49(6,7)8/h10-23,26,28,40,51,56H,9,24H2,1-8H3,(H,52,59)/t28-,40+/m1/s1. The number of anilines is 1. The monoisotopic (exact) mass is 892 g/mol. The van der Waals surface area contributed by atoms with Crippen LogP contribution < -0.4 is 10.0 Å². The van der Waals surface area contributed by atoms with Gasteiger partial charge in [-0.3, -0.25) is 23.9 Å². The number of hydrogen-bond acceptors (Lipinski definition) is 10. The second-order valence-corrected chi connectivity index (χ2v) is 19.8. The van der Waals surface area contributed by atoms with Crippen molar-refractivity contribution >= 4 is 55.5 Å². The number of sulfonamides is 1. The van der Waals surface area contributed by atoms with Crippen LogP contribution in [-0.2, 0) is 26.0 Å². The average Bonchev–Trinajstić information content (AvgIpc) is 3.94. The first kappa shape index (κ1) is 43.7. The van der Waals surface area contributed by atoms with Crippen molar-refractivity contribution in [1.82, 2.24) is 25.1 Å². The fraction of sp³-hybridized carbons (Fsp3) is 0.265. The Bertz CT molecular complexity index is 3130. The van der Waals surface area contributed by atoms with E-state index in [2.05, 4.69) is 45.1 Å². The molecule has 15 heteroatoms. The molecule has 0 radical (unpaired) electrons. The van der Waals surface area contributed by atoms with E-state index in [9.17, 15) is 23.3 Å². The van der Waals surface area contributed by atoms with Crippen molar-refractivity contribution in [3.8, 4) is 22.2 Å². The molecular formula is C49H48N8O5S2. The fourth-order valence-electron chi connectivity index (χ4n) is 7.99. The molecule has 0 saturated carbocycles. The maximum absolute atomic E-state index is 13.4. The lowest BCUT2D eigenvalue weighted by atomic mass is 9.96. The molecule has 0 bridgehead atoms. The molecule has 64 heavy (non-hydrogen) atoms. The number of aromatic amines is 1. The lowest BCUT2D eigenvalue weighted by Crippen LogP contribution is -2.26. The molecule has 4 aromatic carbocycles. The number of carbonyl (C=O) groups excluding carboxylic acids is 2. The third kappa shape index (κ3) is 8.46. The lowest BCUT2D eigenvalue weighted by Gasteiger charge is -2.21. The van der Waals surface area contributed by atoms with E-state index in [0.717, 1.165) is 54.5 Å². The number of esters is 1. The number of nitriles is 1. The highest BCUT2D eigenvalue weighted by atomic mass is 32.2. The fourth-order valence-corrected chi connectivity index (χ4v) is 10.3. The van der Waals surface area contributed by atoms with E-state index in [0.29, 0.717) is 45.8 Å². The number of H-pyrrole nitrogens is 1. The summed E-state index contributed by atoms with van der Waals surface area (Å²) in [6.45, 7) is 15.4. The zero-order chi connectivity index (χ0) is 45.7. The van der Waals surface area contributed by atoms with Crippen LogP contribution in [0.3, 0.4) is 0 Å². The van der Waals surface area contributed by atoms with Crippen LogP contribution in [0.2, 0.25) is 0 Å². The third-order valence-electron chi connectivity index (χ3n) is 11.4. The molecule has 0 saturated heterocycles. The van der Waals surface area contributed by atoms with Crippen molar-refractivity contribution in [3.05, 3.63) is 147 Å². The molecule has 1 amide bonds. The van der Waals surface area contributed by atoms with Gasteiger partial charge in [0.15, 0.2) is 5.82 Å². The molecule has 3 aromatic heterocycles. The number of ether oxygens (including phenoxy) is 1. The molecule has 8 rings (SSSR count). The van der Waals surface area contributed by atoms with Crippen molar-refractivity contribution in [1.29, 1.82) is 5.26 Å². The number of amides is 1. The Morgan fingerprint density at radius 1 is 0.938 bits per heavy atom. The summed E-state index contributed by atoms with van der Waals surface area (Å²) in [5.41, 5.74) is 8.46. The predicted octanol–water partition coefficient (Wildman–Crippen LogP) is 9.75. The van der Waals surface area contributed by atoms with Gasteiger partial charge in [-0.05, 0) is 113 Å². The van der Waals surface area contributed by atoms with Crippen LogP contribution in [-0.4, -0.2) is 51.4 Å². The Kier molecular flexibility index (Phi) is 11.6. The first-order chi connectivity index (χ1) is 30.5. The number of fused-ring (bicyclic) bond motifs is 4. The van der Waals surface area contributed by atoms with Crippen molar-refractivity contribution in [2.24, 2.45) is 4.99 Å². The number of benzene rings is 4. The summed E-state index contributed by atoms with van der Waals surface area (Å²) in [5, 5.41) is 23.1. The number of aryl methyl sites for hydroxylation is 3. The van der Waals surface area contributed by atoms with Crippen LogP contribution >= 0.6 is 11.3 Å². The molecule has 326 valence electrons. The van der Waals surface area contributed by atoms with E-state index in [-0.39, 0.29) is 23.2 Å². The summed E-state index contributed by atoms with van der Waals surface area (Å²) in [6, 6.07) is 26.5. The molecule has 3 N–H and O–H groups in total. The van der Waals surface area contributed by atoms with Crippen LogP contribution in [0, 0.1) is 32.1 Å². The quantitative estimate of drug-likeness (QED) is 0.107. The topological polar surface area (TPSA) is 184 Å². The van der Waals surface area contributed by atoms with Gasteiger partial charge in [-0.15, -0.1) is 21.5 Å². The largest absolute Gasteiger partial charge is 0.460 e. The van der Waals surface area contributed by atoms with E-state index in [4.69, 9.17) is 9.73 Å². The van der Waals surface area contributed by atoms with Gasteiger partial charge in [0.25, 0.3) is 15.9 Å². The van der Waals surface area contributed by atoms with Crippen molar-refractivity contribution in [3.63, 3.8) is 0 Å². The molecule has 0 fully saturated rings. The van der Waals surface area contributed by atoms with Crippen LogP contribution in [0.25, 0.3) is 27.0 Å². The van der Waals surface area contributed by atoms with Gasteiger partial charge in [-0.25, -0.2) is 8.42 Å². The molecule has 2 atom stereocenters. The molecule has 0 spiro atoms. The number of aliphatic imine (C=N–C) groups is 1. The van der Waals surface area contributed by atoms with Crippen LogP contribution in [0.1, 0.15) is 113 Å². The Balaban J connectivity index is 0.964. The number of nitrogens with zero attached hydrogens (tertiary/aromatic N) is 5. The van der Waals surface area contributed by atoms with Gasteiger partial charge in [-0.1, -0.05) is 61.5 Å². The molecule has 13 nitrogen and oxygen atoms in total. The first-order valence-electron chi connectivity index (χ1n) is 21.0. The zero-order valence-corrected chi connectivity index (χ0v) is 38.5. The summed E-state index contributed by atoms with van der Waals surface area (Å²) >= 11 is 1.65. The normalized spacial score (nSPS) is 14.2. The molecule has 7 aromatic rings. The highest BCUT2D eigenvalue weighted by Gasteiger charge is 2.33. The average molecular weight is 893 g/mol. The Morgan fingerprint density at radius 2 is 1.59 bits per heavy atom. The van der Waals surface area contributed by atoms with Gasteiger partial charge in [0.2, 0.25) is 0 Å². The Morgan fingerprint density at radius 3 is 2.23 bits per heavy atom. The molecule has 4 heterocycles. The smallest absolute Gasteiger partial charge is 0.308 e. The minimum atomic E-state index is -3.97. The van der Waals surface area contributed by atoms with E-state index < -0.39 is 27.7 Å². The summed E-state index contributed by atoms with van der Waals surface area (Å²) < 4.78 is 37.3. The number of hydrogen-bond donors (Lipinski definition) is 3. The first-order valence-corrected chi connectivity index (χ1v) is 23.3. The van der Waals surface area contributed by atoms with Crippen molar-refractivity contribution < 1.29 is 22.7 Å². The Labute approximate surface area is 376 Å². The molecule has 1 aliphatic heterocycles. The second kappa shape index (κ2) is 17.0. The van der Waals surface area contributed by atoms with E-state index in [1.54, 1.807) is 47.9 Å². The van der Waals surface area contributed by atoms with Crippen LogP contribution in [0.5, 0.6) is 0 Å². The second-order valence-electron chi connectivity index (χ2n) is 16.9. The van der Waals surface area contributed by atoms with Gasteiger partial charge < -0.3 is 15.0 Å².